The summed E-state index contributed by atoms with van der Waals surface area (Å²) in [4.78, 5) is 4.14. The summed E-state index contributed by atoms with van der Waals surface area (Å²) in [6.07, 6.45) is -2.69. The van der Waals surface area contributed by atoms with Crippen LogP contribution in [0.5, 0.6) is 5.75 Å². The smallest absolute Gasteiger partial charge is 0.416 e. The summed E-state index contributed by atoms with van der Waals surface area (Å²) in [7, 11) is 0. The van der Waals surface area contributed by atoms with Crippen LogP contribution in [0.15, 0.2) is 58.6 Å². The summed E-state index contributed by atoms with van der Waals surface area (Å²) >= 11 is 0. The van der Waals surface area contributed by atoms with E-state index in [1.165, 1.54) is 29.4 Å². The molecule has 1 heterocycles. The minimum Gasteiger partial charge on any atom is -0.434 e. The third kappa shape index (κ3) is 4.81. The van der Waals surface area contributed by atoms with E-state index >= 15 is 0 Å². The molecule has 9 heteroatoms. The maximum absolute atomic E-state index is 12.8. The fraction of sp³-hybridized carbons (Fsp3) is 0.222. The van der Waals surface area contributed by atoms with Crippen molar-refractivity contribution in [2.45, 2.75) is 19.2 Å². The van der Waals surface area contributed by atoms with E-state index in [0.717, 1.165) is 12.1 Å². The Morgan fingerprint density at radius 3 is 2.63 bits per heavy atom. The number of para-hydroxylation sites is 1. The lowest BCUT2D eigenvalue weighted by molar-refractivity contribution is -0.137. The summed E-state index contributed by atoms with van der Waals surface area (Å²) in [5.41, 5.74) is -0.111. The van der Waals surface area contributed by atoms with Gasteiger partial charge in [-0.15, -0.1) is 0 Å². The minimum atomic E-state index is -4.44. The van der Waals surface area contributed by atoms with Gasteiger partial charge in [0.05, 0.1) is 11.3 Å². The number of aliphatic imine (C=N–C) groups is 1. The summed E-state index contributed by atoms with van der Waals surface area (Å²) in [5, 5.41) is 5.60. The number of hydrazone groups is 1. The lowest BCUT2D eigenvalue weighted by Crippen LogP contribution is -2.13. The molecule has 3 rings (SSSR count). The SMILES string of the molecule is FC(F)Oc1ccccc1C=NC1=NN(c2cccc(C(F)(F)F)c2)CC1. The zero-order valence-electron chi connectivity index (χ0n) is 13.8. The second kappa shape index (κ2) is 7.73. The molecule has 2 aromatic rings. The third-order valence-corrected chi connectivity index (χ3v) is 3.74. The molecule has 0 saturated heterocycles. The van der Waals surface area contributed by atoms with E-state index in [4.69, 9.17) is 0 Å². The molecular weight excluding hydrogens is 369 g/mol. The standard InChI is InChI=1S/C18H14F5N3O/c19-17(20)27-15-7-2-1-4-12(15)11-24-16-8-9-26(25-16)14-6-3-5-13(10-14)18(21,22)23/h1-7,10-11,17H,8-9H2. The Morgan fingerprint density at radius 2 is 1.89 bits per heavy atom. The van der Waals surface area contributed by atoms with Gasteiger partial charge in [-0.3, -0.25) is 5.01 Å². The van der Waals surface area contributed by atoms with Gasteiger partial charge in [0.15, 0.2) is 5.84 Å². The molecule has 0 aliphatic carbocycles. The highest BCUT2D eigenvalue weighted by molar-refractivity contribution is 5.97. The van der Waals surface area contributed by atoms with Crippen LogP contribution < -0.4 is 9.75 Å². The highest BCUT2D eigenvalue weighted by atomic mass is 19.4. The van der Waals surface area contributed by atoms with E-state index in [1.807, 2.05) is 0 Å². The Kier molecular flexibility index (Phi) is 5.38. The molecule has 0 aromatic heterocycles. The zero-order valence-corrected chi connectivity index (χ0v) is 13.8. The molecule has 0 radical (unpaired) electrons. The number of halogens is 5. The molecule has 0 unspecified atom stereocenters. The molecule has 0 spiro atoms. The molecule has 0 bridgehead atoms. The normalized spacial score (nSPS) is 14.9. The van der Waals surface area contributed by atoms with Crippen LogP contribution in [0.2, 0.25) is 0 Å². The summed E-state index contributed by atoms with van der Waals surface area (Å²) in [6.45, 7) is -2.59. The Hall–Kier alpha value is -2.97. The van der Waals surface area contributed by atoms with Gasteiger partial charge in [-0.1, -0.05) is 18.2 Å². The minimum absolute atomic E-state index is 0.0235. The second-order valence-electron chi connectivity index (χ2n) is 5.61. The molecule has 0 saturated carbocycles. The van der Waals surface area contributed by atoms with Crippen LogP contribution in [-0.4, -0.2) is 25.2 Å². The molecule has 1 aliphatic heterocycles. The van der Waals surface area contributed by atoms with E-state index in [1.54, 1.807) is 18.2 Å². The van der Waals surface area contributed by atoms with Crippen molar-refractivity contribution in [2.24, 2.45) is 10.1 Å². The van der Waals surface area contributed by atoms with Crippen molar-refractivity contribution in [3.05, 3.63) is 59.7 Å². The highest BCUT2D eigenvalue weighted by Gasteiger charge is 2.31. The Morgan fingerprint density at radius 1 is 1.11 bits per heavy atom. The van der Waals surface area contributed by atoms with Gasteiger partial charge in [0.2, 0.25) is 0 Å². The number of alkyl halides is 5. The number of hydrogen-bond acceptors (Lipinski definition) is 4. The number of anilines is 1. The number of rotatable bonds is 4. The number of amidine groups is 1. The van der Waals surface area contributed by atoms with Gasteiger partial charge in [0.1, 0.15) is 5.75 Å². The molecule has 4 nitrogen and oxygen atoms in total. The zero-order chi connectivity index (χ0) is 19.4. The summed E-state index contributed by atoms with van der Waals surface area (Å²) < 4.78 is 67.7. The van der Waals surface area contributed by atoms with Crippen molar-refractivity contribution in [3.8, 4) is 5.75 Å². The second-order valence-corrected chi connectivity index (χ2v) is 5.61. The summed E-state index contributed by atoms with van der Waals surface area (Å²) in [5.74, 6) is 0.351. The number of hydrogen-bond donors (Lipinski definition) is 0. The van der Waals surface area contributed by atoms with Crippen molar-refractivity contribution in [3.63, 3.8) is 0 Å². The van der Waals surface area contributed by atoms with E-state index in [2.05, 4.69) is 14.8 Å². The van der Waals surface area contributed by atoms with Gasteiger partial charge >= 0.3 is 12.8 Å². The van der Waals surface area contributed by atoms with Gasteiger partial charge in [-0.25, -0.2) is 4.99 Å². The van der Waals surface area contributed by atoms with Gasteiger partial charge in [-0.2, -0.15) is 27.1 Å². The van der Waals surface area contributed by atoms with Gasteiger partial charge in [0.25, 0.3) is 0 Å². The Bertz CT molecular complexity index is 864. The number of nitrogens with zero attached hydrogens (tertiary/aromatic N) is 3. The van der Waals surface area contributed by atoms with Crippen LogP contribution in [0.1, 0.15) is 17.5 Å². The number of benzene rings is 2. The highest BCUT2D eigenvalue weighted by Crippen LogP contribution is 2.32. The monoisotopic (exact) mass is 383 g/mol. The van der Waals surface area contributed by atoms with E-state index in [0.29, 0.717) is 30.1 Å². The summed E-state index contributed by atoms with van der Waals surface area (Å²) in [6, 6.07) is 11.0. The first-order valence-electron chi connectivity index (χ1n) is 7.93. The van der Waals surface area contributed by atoms with Crippen molar-refractivity contribution < 1.29 is 26.7 Å². The largest absolute Gasteiger partial charge is 0.434 e. The van der Waals surface area contributed by atoms with Crippen LogP contribution in [0.3, 0.4) is 0 Å². The third-order valence-electron chi connectivity index (χ3n) is 3.74. The van der Waals surface area contributed by atoms with E-state index < -0.39 is 18.4 Å². The van der Waals surface area contributed by atoms with Gasteiger partial charge in [-0.05, 0) is 30.3 Å². The fourth-order valence-corrected chi connectivity index (χ4v) is 2.50. The lowest BCUT2D eigenvalue weighted by Gasteiger charge is -2.15. The van der Waals surface area contributed by atoms with Crippen molar-refractivity contribution in [1.29, 1.82) is 0 Å². The van der Waals surface area contributed by atoms with Crippen LogP contribution in [0.25, 0.3) is 0 Å². The van der Waals surface area contributed by atoms with Gasteiger partial charge < -0.3 is 4.74 Å². The van der Waals surface area contributed by atoms with E-state index in [9.17, 15) is 22.0 Å². The van der Waals surface area contributed by atoms with Crippen molar-refractivity contribution in [2.75, 3.05) is 11.6 Å². The molecule has 0 amide bonds. The average Bonchev–Trinajstić information content (AvgIpc) is 3.09. The van der Waals surface area contributed by atoms with Crippen molar-refractivity contribution in [1.82, 2.24) is 0 Å². The predicted octanol–water partition coefficient (Wildman–Crippen LogP) is 4.95. The quantitative estimate of drug-likeness (QED) is 0.553. The first-order valence-corrected chi connectivity index (χ1v) is 7.93. The topological polar surface area (TPSA) is 37.2 Å². The molecule has 1 aliphatic rings. The van der Waals surface area contributed by atoms with E-state index in [-0.39, 0.29) is 5.75 Å². The fourth-order valence-electron chi connectivity index (χ4n) is 2.50. The molecule has 2 aromatic carbocycles. The predicted molar refractivity (Wildman–Crippen MR) is 91.5 cm³/mol. The molecule has 0 fully saturated rings. The van der Waals surface area contributed by atoms with Crippen LogP contribution in [-0.2, 0) is 6.18 Å². The molecule has 0 N–H and O–H groups in total. The molecule has 27 heavy (non-hydrogen) atoms. The van der Waals surface area contributed by atoms with Gasteiger partial charge in [0, 0.05) is 24.7 Å². The van der Waals surface area contributed by atoms with Crippen LogP contribution in [0.4, 0.5) is 27.6 Å². The van der Waals surface area contributed by atoms with Crippen molar-refractivity contribution >= 4 is 17.7 Å². The molecular formula is C18H14F5N3O. The Labute approximate surface area is 151 Å². The van der Waals surface area contributed by atoms with Crippen LogP contribution >= 0.6 is 0 Å². The Balaban J connectivity index is 1.76. The maximum Gasteiger partial charge on any atom is 0.416 e. The van der Waals surface area contributed by atoms with Crippen LogP contribution in [0, 0.1) is 0 Å². The molecule has 0 atom stereocenters. The first-order chi connectivity index (χ1) is 12.8. The number of ether oxygens (including phenoxy) is 1. The maximum atomic E-state index is 12.8. The molecule has 142 valence electrons. The average molecular weight is 383 g/mol. The first kappa shape index (κ1) is 18.8. The lowest BCUT2D eigenvalue weighted by atomic mass is 10.2.